The molecular weight excluding hydrogens is 322 g/mol. The fourth-order valence-electron chi connectivity index (χ4n) is 1.61. The Morgan fingerprint density at radius 3 is 2.90 bits per heavy atom. The van der Waals surface area contributed by atoms with Crippen molar-refractivity contribution in [3.05, 3.63) is 52.3 Å². The number of carbonyl (C=O) groups excluding carboxylic acids is 1. The van der Waals surface area contributed by atoms with Gasteiger partial charge in [0.25, 0.3) is 5.91 Å². The van der Waals surface area contributed by atoms with Gasteiger partial charge in [0.2, 0.25) is 0 Å². The molecule has 0 aliphatic heterocycles. The molecule has 1 N–H and O–H groups in total. The maximum absolute atomic E-state index is 12.2. The van der Waals surface area contributed by atoms with E-state index in [1.807, 2.05) is 6.07 Å². The van der Waals surface area contributed by atoms with Crippen LogP contribution in [-0.2, 0) is 0 Å². The third-order valence-corrected chi connectivity index (χ3v) is 3.25. The summed E-state index contributed by atoms with van der Waals surface area (Å²) in [6, 6.07) is 8.53. The first-order valence-corrected chi connectivity index (χ1v) is 6.44. The Hall–Kier alpha value is -2.39. The normalized spacial score (nSPS) is 9.65. The minimum atomic E-state index is -0.311. The van der Waals surface area contributed by atoms with Crippen molar-refractivity contribution in [3.8, 4) is 11.8 Å². The van der Waals surface area contributed by atoms with Crippen molar-refractivity contribution in [3.63, 3.8) is 0 Å². The number of rotatable bonds is 3. The van der Waals surface area contributed by atoms with Gasteiger partial charge in [-0.15, -0.1) is 0 Å². The number of nitrogens with one attached hydrogen (secondary N) is 1. The third-order valence-electron chi connectivity index (χ3n) is 2.60. The Morgan fingerprint density at radius 2 is 2.25 bits per heavy atom. The molecule has 6 heteroatoms. The monoisotopic (exact) mass is 331 g/mol. The van der Waals surface area contributed by atoms with E-state index in [9.17, 15) is 4.79 Å². The number of aromatic nitrogens is 1. The highest BCUT2D eigenvalue weighted by Gasteiger charge is 2.13. The summed E-state index contributed by atoms with van der Waals surface area (Å²) in [5.74, 6) is 0.0874. The fraction of sp³-hybridized carbons (Fsp3) is 0.0714. The number of benzene rings is 1. The summed E-state index contributed by atoms with van der Waals surface area (Å²) in [6.07, 6.45) is 2.99. The molecule has 0 atom stereocenters. The van der Waals surface area contributed by atoms with Gasteiger partial charge >= 0.3 is 0 Å². The van der Waals surface area contributed by atoms with Crippen molar-refractivity contribution in [1.82, 2.24) is 4.98 Å². The van der Waals surface area contributed by atoms with E-state index in [4.69, 9.17) is 10.00 Å². The zero-order valence-electron chi connectivity index (χ0n) is 10.6. The highest BCUT2D eigenvalue weighted by atomic mass is 79.9. The van der Waals surface area contributed by atoms with Crippen LogP contribution >= 0.6 is 15.9 Å². The second-order valence-corrected chi connectivity index (χ2v) is 4.69. The number of halogens is 1. The van der Waals surface area contributed by atoms with Gasteiger partial charge in [-0.05, 0) is 40.2 Å². The van der Waals surface area contributed by atoms with Gasteiger partial charge in [-0.2, -0.15) is 5.26 Å². The predicted molar refractivity (Wildman–Crippen MR) is 77.6 cm³/mol. The second kappa shape index (κ2) is 6.17. The van der Waals surface area contributed by atoms with E-state index in [1.54, 1.807) is 24.3 Å². The molecule has 1 aromatic carbocycles. The summed E-state index contributed by atoms with van der Waals surface area (Å²) in [7, 11) is 1.48. The maximum Gasteiger partial charge on any atom is 0.259 e. The second-order valence-electron chi connectivity index (χ2n) is 3.84. The lowest BCUT2D eigenvalue weighted by atomic mass is 10.2. The summed E-state index contributed by atoms with van der Waals surface area (Å²) >= 11 is 3.32. The van der Waals surface area contributed by atoms with Gasteiger partial charge < -0.3 is 10.1 Å². The number of hydrogen-bond acceptors (Lipinski definition) is 4. The smallest absolute Gasteiger partial charge is 0.259 e. The van der Waals surface area contributed by atoms with Crippen LogP contribution in [0.2, 0.25) is 0 Å². The van der Waals surface area contributed by atoms with Gasteiger partial charge in [-0.25, -0.2) is 0 Å². The first-order chi connectivity index (χ1) is 9.65. The molecule has 0 unspecified atom stereocenters. The average molecular weight is 332 g/mol. The molecule has 20 heavy (non-hydrogen) atoms. The number of ether oxygens (including phenoxy) is 1. The quantitative estimate of drug-likeness (QED) is 0.938. The van der Waals surface area contributed by atoms with Crippen molar-refractivity contribution in [1.29, 1.82) is 5.26 Å². The van der Waals surface area contributed by atoms with Crippen molar-refractivity contribution < 1.29 is 9.53 Å². The highest BCUT2D eigenvalue weighted by molar-refractivity contribution is 9.10. The molecule has 1 aromatic heterocycles. The van der Waals surface area contributed by atoms with Gasteiger partial charge in [-0.1, -0.05) is 0 Å². The summed E-state index contributed by atoms with van der Waals surface area (Å²) < 4.78 is 5.73. The topological polar surface area (TPSA) is 75.0 Å². The number of pyridine rings is 1. The summed E-state index contributed by atoms with van der Waals surface area (Å²) in [5.41, 5.74) is 1.47. The van der Waals surface area contributed by atoms with Gasteiger partial charge in [0.05, 0.1) is 36.2 Å². The zero-order chi connectivity index (χ0) is 14.5. The van der Waals surface area contributed by atoms with Gasteiger partial charge in [0, 0.05) is 10.7 Å². The van der Waals surface area contributed by atoms with E-state index in [2.05, 4.69) is 26.2 Å². The van der Waals surface area contributed by atoms with Crippen LogP contribution in [0.3, 0.4) is 0 Å². The van der Waals surface area contributed by atoms with E-state index in [0.29, 0.717) is 27.0 Å². The summed E-state index contributed by atoms with van der Waals surface area (Å²) in [5, 5.41) is 11.5. The van der Waals surface area contributed by atoms with Crippen LogP contribution in [0.5, 0.6) is 5.75 Å². The summed E-state index contributed by atoms with van der Waals surface area (Å²) in [6.45, 7) is 0. The molecule has 100 valence electrons. The van der Waals surface area contributed by atoms with Crippen LogP contribution in [0.1, 0.15) is 15.9 Å². The molecule has 2 aromatic rings. The van der Waals surface area contributed by atoms with Crippen LogP contribution in [-0.4, -0.2) is 18.0 Å². The standard InChI is InChI=1S/C14H10BrN3O2/c1-20-13-8-17-5-4-10(13)14(19)18-12-3-2-9(7-16)6-11(12)15/h2-6,8H,1H3,(H,18,19). The number of nitriles is 1. The van der Waals surface area contributed by atoms with Crippen LogP contribution in [0, 0.1) is 11.3 Å². The van der Waals surface area contributed by atoms with E-state index < -0.39 is 0 Å². The lowest BCUT2D eigenvalue weighted by Crippen LogP contribution is -2.13. The average Bonchev–Trinajstić information content (AvgIpc) is 2.49. The molecule has 5 nitrogen and oxygen atoms in total. The number of amides is 1. The van der Waals surface area contributed by atoms with Crippen LogP contribution in [0.15, 0.2) is 41.1 Å². The van der Waals surface area contributed by atoms with E-state index in [1.165, 1.54) is 19.5 Å². The molecule has 0 aliphatic carbocycles. The van der Waals surface area contributed by atoms with Crippen LogP contribution in [0.25, 0.3) is 0 Å². The zero-order valence-corrected chi connectivity index (χ0v) is 12.1. The minimum Gasteiger partial charge on any atom is -0.494 e. The highest BCUT2D eigenvalue weighted by Crippen LogP contribution is 2.25. The Labute approximate surface area is 124 Å². The molecule has 0 saturated carbocycles. The SMILES string of the molecule is COc1cnccc1C(=O)Nc1ccc(C#N)cc1Br. The third kappa shape index (κ3) is 2.95. The van der Waals surface area contributed by atoms with E-state index in [-0.39, 0.29) is 5.91 Å². The molecule has 0 fully saturated rings. The fourth-order valence-corrected chi connectivity index (χ4v) is 2.08. The molecular formula is C14H10BrN3O2. The molecule has 0 aliphatic rings. The van der Waals surface area contributed by atoms with E-state index >= 15 is 0 Å². The number of carbonyl (C=O) groups is 1. The Morgan fingerprint density at radius 1 is 1.45 bits per heavy atom. The number of nitrogens with zero attached hydrogens (tertiary/aromatic N) is 2. The van der Waals surface area contributed by atoms with Crippen LogP contribution in [0.4, 0.5) is 5.69 Å². The predicted octanol–water partition coefficient (Wildman–Crippen LogP) is 2.98. The van der Waals surface area contributed by atoms with E-state index in [0.717, 1.165) is 0 Å². The lowest BCUT2D eigenvalue weighted by molar-refractivity contribution is 0.102. The van der Waals surface area contributed by atoms with Gasteiger partial charge in [0.1, 0.15) is 5.75 Å². The number of anilines is 1. The maximum atomic E-state index is 12.2. The molecule has 0 saturated heterocycles. The Bertz CT molecular complexity index is 695. The molecule has 0 radical (unpaired) electrons. The van der Waals surface area contributed by atoms with Crippen molar-refractivity contribution in [2.75, 3.05) is 12.4 Å². The van der Waals surface area contributed by atoms with Crippen molar-refractivity contribution in [2.24, 2.45) is 0 Å². The van der Waals surface area contributed by atoms with Crippen molar-refractivity contribution >= 4 is 27.5 Å². The van der Waals surface area contributed by atoms with Crippen molar-refractivity contribution in [2.45, 2.75) is 0 Å². The van der Waals surface area contributed by atoms with Crippen LogP contribution < -0.4 is 10.1 Å². The largest absolute Gasteiger partial charge is 0.494 e. The molecule has 1 heterocycles. The lowest BCUT2D eigenvalue weighted by Gasteiger charge is -2.10. The molecule has 2 rings (SSSR count). The van der Waals surface area contributed by atoms with Gasteiger partial charge in [0.15, 0.2) is 0 Å². The molecule has 0 bridgehead atoms. The first kappa shape index (κ1) is 14.0. The Kier molecular flexibility index (Phi) is 4.33. The Balaban J connectivity index is 2.26. The summed E-state index contributed by atoms with van der Waals surface area (Å²) in [4.78, 5) is 16.1. The number of hydrogen-bond donors (Lipinski definition) is 1. The minimum absolute atomic E-state index is 0.311. The number of methoxy groups -OCH3 is 1. The first-order valence-electron chi connectivity index (χ1n) is 5.64. The molecule has 0 spiro atoms. The van der Waals surface area contributed by atoms with Gasteiger partial charge in [-0.3, -0.25) is 9.78 Å². The molecule has 1 amide bonds.